The number of pyridine rings is 1. The molecular formula is C18H18ClN3S. The second kappa shape index (κ2) is 6.48. The van der Waals surface area contributed by atoms with Crippen LogP contribution in [-0.2, 0) is 6.54 Å². The molecule has 0 amide bonds. The molecule has 0 bridgehead atoms. The minimum atomic E-state index is 0.739. The number of halogens is 1. The molecule has 0 radical (unpaired) electrons. The molecule has 3 aromatic rings. The van der Waals surface area contributed by atoms with Crippen LogP contribution in [0.4, 0.5) is 5.69 Å². The van der Waals surface area contributed by atoms with Crippen LogP contribution in [0.5, 0.6) is 0 Å². The average molecular weight is 344 g/mol. The first-order valence-corrected chi connectivity index (χ1v) is 9.09. The third kappa shape index (κ3) is 3.20. The fourth-order valence-corrected chi connectivity index (χ4v) is 4.06. The van der Waals surface area contributed by atoms with Crippen molar-refractivity contribution in [1.29, 1.82) is 0 Å². The van der Waals surface area contributed by atoms with Crippen molar-refractivity contribution in [2.24, 2.45) is 0 Å². The van der Waals surface area contributed by atoms with E-state index in [0.29, 0.717) is 0 Å². The summed E-state index contributed by atoms with van der Waals surface area (Å²) in [5.41, 5.74) is 2.23. The lowest BCUT2D eigenvalue weighted by molar-refractivity contribution is 0.252. The molecule has 5 heteroatoms. The lowest BCUT2D eigenvalue weighted by atomic mass is 10.1. The highest BCUT2D eigenvalue weighted by molar-refractivity contribution is 7.09. The Morgan fingerprint density at radius 3 is 2.74 bits per heavy atom. The molecule has 1 aromatic carbocycles. The van der Waals surface area contributed by atoms with Crippen molar-refractivity contribution in [2.75, 3.05) is 31.1 Å². The first-order valence-electron chi connectivity index (χ1n) is 7.83. The van der Waals surface area contributed by atoms with Gasteiger partial charge in [-0.1, -0.05) is 17.7 Å². The Kier molecular flexibility index (Phi) is 4.21. The molecule has 1 saturated heterocycles. The molecule has 0 N–H and O–H groups in total. The summed E-state index contributed by atoms with van der Waals surface area (Å²) in [5, 5.41) is 4.08. The monoisotopic (exact) mass is 343 g/mol. The van der Waals surface area contributed by atoms with Crippen LogP contribution in [0.2, 0.25) is 5.02 Å². The van der Waals surface area contributed by atoms with E-state index >= 15 is 0 Å². The Bertz CT molecular complexity index is 795. The Balaban J connectivity index is 1.50. The van der Waals surface area contributed by atoms with Gasteiger partial charge in [0.2, 0.25) is 0 Å². The fourth-order valence-electron chi connectivity index (χ4n) is 3.15. The molecule has 3 nitrogen and oxygen atoms in total. The summed E-state index contributed by atoms with van der Waals surface area (Å²) >= 11 is 7.93. The quantitative estimate of drug-likeness (QED) is 0.708. The summed E-state index contributed by atoms with van der Waals surface area (Å²) in [6.07, 6.45) is 1.88. The van der Waals surface area contributed by atoms with Gasteiger partial charge >= 0.3 is 0 Å². The van der Waals surface area contributed by atoms with Crippen molar-refractivity contribution in [2.45, 2.75) is 6.54 Å². The average Bonchev–Trinajstić information content (AvgIpc) is 3.08. The van der Waals surface area contributed by atoms with Crippen LogP contribution in [0, 0.1) is 0 Å². The number of hydrogen-bond donors (Lipinski definition) is 0. The molecule has 0 atom stereocenters. The zero-order chi connectivity index (χ0) is 15.6. The topological polar surface area (TPSA) is 19.4 Å². The number of rotatable bonds is 3. The minimum absolute atomic E-state index is 0.739. The van der Waals surface area contributed by atoms with E-state index in [1.165, 1.54) is 16.0 Å². The van der Waals surface area contributed by atoms with E-state index in [1.54, 1.807) is 0 Å². The van der Waals surface area contributed by atoms with E-state index in [-0.39, 0.29) is 0 Å². The minimum Gasteiger partial charge on any atom is -0.368 e. The molecule has 1 aliphatic heterocycles. The molecule has 0 unspecified atom stereocenters. The number of nitrogens with zero attached hydrogens (tertiary/aromatic N) is 3. The molecular weight excluding hydrogens is 326 g/mol. The van der Waals surface area contributed by atoms with E-state index in [9.17, 15) is 0 Å². The summed E-state index contributed by atoms with van der Waals surface area (Å²) in [6.45, 7) is 5.35. The molecule has 23 heavy (non-hydrogen) atoms. The van der Waals surface area contributed by atoms with Gasteiger partial charge in [-0.25, -0.2) is 0 Å². The third-order valence-electron chi connectivity index (χ3n) is 4.35. The van der Waals surface area contributed by atoms with Crippen LogP contribution >= 0.6 is 22.9 Å². The summed E-state index contributed by atoms with van der Waals surface area (Å²) in [7, 11) is 0. The summed E-state index contributed by atoms with van der Waals surface area (Å²) in [6, 6.07) is 12.4. The smallest absolute Gasteiger partial charge is 0.0737 e. The van der Waals surface area contributed by atoms with Crippen LogP contribution < -0.4 is 4.90 Å². The second-order valence-corrected chi connectivity index (χ2v) is 7.30. The standard InChI is InChI=1S/C18H18ClN3S/c19-14-3-4-16-17(12-14)20-6-5-18(16)22-9-7-21(8-10-22)13-15-2-1-11-23-15/h1-6,11-12H,7-10,13H2. The highest BCUT2D eigenvalue weighted by Gasteiger charge is 2.19. The summed E-state index contributed by atoms with van der Waals surface area (Å²) in [5.74, 6) is 0. The highest BCUT2D eigenvalue weighted by atomic mass is 35.5. The highest BCUT2D eigenvalue weighted by Crippen LogP contribution is 2.28. The summed E-state index contributed by atoms with van der Waals surface area (Å²) in [4.78, 5) is 10.9. The largest absolute Gasteiger partial charge is 0.368 e. The molecule has 0 spiro atoms. The van der Waals surface area contributed by atoms with Crippen molar-refractivity contribution in [3.63, 3.8) is 0 Å². The fraction of sp³-hybridized carbons (Fsp3) is 0.278. The van der Waals surface area contributed by atoms with Gasteiger partial charge in [0, 0.05) is 59.9 Å². The zero-order valence-corrected chi connectivity index (χ0v) is 14.4. The Morgan fingerprint density at radius 2 is 1.96 bits per heavy atom. The molecule has 4 rings (SSSR count). The van der Waals surface area contributed by atoms with E-state index in [1.807, 2.05) is 29.7 Å². The Labute approximate surface area is 145 Å². The second-order valence-electron chi connectivity index (χ2n) is 5.83. The number of anilines is 1. The molecule has 2 aromatic heterocycles. The van der Waals surface area contributed by atoms with Gasteiger partial charge in [0.1, 0.15) is 0 Å². The maximum absolute atomic E-state index is 6.08. The van der Waals surface area contributed by atoms with Crippen LogP contribution in [0.3, 0.4) is 0 Å². The number of aromatic nitrogens is 1. The van der Waals surface area contributed by atoms with Crippen molar-refractivity contribution in [3.05, 3.63) is 57.9 Å². The van der Waals surface area contributed by atoms with Crippen LogP contribution in [0.25, 0.3) is 10.9 Å². The number of benzene rings is 1. The van der Waals surface area contributed by atoms with Crippen LogP contribution in [-0.4, -0.2) is 36.1 Å². The van der Waals surface area contributed by atoms with E-state index in [2.05, 4.69) is 44.4 Å². The lowest BCUT2D eigenvalue weighted by Crippen LogP contribution is -2.45. The predicted octanol–water partition coefficient (Wildman–Crippen LogP) is 4.27. The SMILES string of the molecule is Clc1ccc2c(N3CCN(Cc4cccs4)CC3)ccnc2c1. The van der Waals surface area contributed by atoms with Gasteiger partial charge in [-0.3, -0.25) is 9.88 Å². The first-order chi connectivity index (χ1) is 11.3. The Hall–Kier alpha value is -1.62. The Morgan fingerprint density at radius 1 is 1.09 bits per heavy atom. The number of thiophene rings is 1. The van der Waals surface area contributed by atoms with Crippen molar-refractivity contribution in [1.82, 2.24) is 9.88 Å². The maximum Gasteiger partial charge on any atom is 0.0737 e. The molecule has 0 saturated carbocycles. The predicted molar refractivity (Wildman–Crippen MR) is 98.6 cm³/mol. The van der Waals surface area contributed by atoms with Gasteiger partial charge in [-0.2, -0.15) is 0 Å². The molecule has 1 aliphatic rings. The van der Waals surface area contributed by atoms with Crippen LogP contribution in [0.1, 0.15) is 4.88 Å². The van der Waals surface area contributed by atoms with E-state index in [0.717, 1.165) is 43.3 Å². The molecule has 118 valence electrons. The van der Waals surface area contributed by atoms with Gasteiger partial charge in [-0.05, 0) is 35.7 Å². The number of hydrogen-bond acceptors (Lipinski definition) is 4. The van der Waals surface area contributed by atoms with Gasteiger partial charge in [0.05, 0.1) is 5.52 Å². The van der Waals surface area contributed by atoms with Gasteiger partial charge in [0.15, 0.2) is 0 Å². The zero-order valence-electron chi connectivity index (χ0n) is 12.8. The van der Waals surface area contributed by atoms with E-state index in [4.69, 9.17) is 11.6 Å². The van der Waals surface area contributed by atoms with Crippen molar-refractivity contribution < 1.29 is 0 Å². The van der Waals surface area contributed by atoms with Crippen molar-refractivity contribution in [3.8, 4) is 0 Å². The van der Waals surface area contributed by atoms with Crippen molar-refractivity contribution >= 4 is 39.5 Å². The third-order valence-corrected chi connectivity index (χ3v) is 5.45. The lowest BCUT2D eigenvalue weighted by Gasteiger charge is -2.36. The summed E-state index contributed by atoms with van der Waals surface area (Å²) < 4.78 is 0. The molecule has 1 fully saturated rings. The van der Waals surface area contributed by atoms with Crippen LogP contribution in [0.15, 0.2) is 48.0 Å². The number of fused-ring (bicyclic) bond motifs is 1. The number of piperazine rings is 1. The van der Waals surface area contributed by atoms with Gasteiger partial charge < -0.3 is 4.90 Å². The van der Waals surface area contributed by atoms with Gasteiger partial charge in [-0.15, -0.1) is 11.3 Å². The van der Waals surface area contributed by atoms with Gasteiger partial charge in [0.25, 0.3) is 0 Å². The normalized spacial score (nSPS) is 16.1. The van der Waals surface area contributed by atoms with E-state index < -0.39 is 0 Å². The first kappa shape index (κ1) is 14.9. The molecule has 0 aliphatic carbocycles. The molecule has 3 heterocycles. The maximum atomic E-state index is 6.08.